The molecule has 1 atom stereocenters. The van der Waals surface area contributed by atoms with Crippen LogP contribution in [-0.2, 0) is 11.2 Å². The molecule has 0 aromatic heterocycles. The van der Waals surface area contributed by atoms with Crippen molar-refractivity contribution >= 4 is 17.6 Å². The van der Waals surface area contributed by atoms with Gasteiger partial charge in [0.25, 0.3) is 0 Å². The number of carboxylic acids is 1. The lowest BCUT2D eigenvalue weighted by Crippen LogP contribution is -2.12. The van der Waals surface area contributed by atoms with E-state index in [1.807, 2.05) is 0 Å². The summed E-state index contributed by atoms with van der Waals surface area (Å²) in [6.45, 7) is 1.63. The third-order valence-corrected chi connectivity index (χ3v) is 2.85. The third-order valence-electron chi connectivity index (χ3n) is 2.50. The van der Waals surface area contributed by atoms with Crippen molar-refractivity contribution in [2.24, 2.45) is 5.92 Å². The number of carbonyl (C=O) groups is 1. The van der Waals surface area contributed by atoms with Crippen LogP contribution in [0.1, 0.15) is 12.5 Å². The van der Waals surface area contributed by atoms with E-state index in [9.17, 15) is 4.79 Å². The summed E-state index contributed by atoms with van der Waals surface area (Å²) >= 11 is 6.06. The SMILES string of the molecule is COc1cc(Cl)c(CC(C)C(=O)O)cc1OC. The summed E-state index contributed by atoms with van der Waals surface area (Å²) < 4.78 is 10.2. The first kappa shape index (κ1) is 13.6. The molecule has 0 aliphatic heterocycles. The second-order valence-electron chi connectivity index (χ2n) is 3.74. The van der Waals surface area contributed by atoms with Crippen LogP contribution in [0.3, 0.4) is 0 Å². The van der Waals surface area contributed by atoms with Crippen LogP contribution in [0.4, 0.5) is 0 Å². The molecule has 0 bridgehead atoms. The Balaban J connectivity index is 3.04. The molecule has 0 heterocycles. The Morgan fingerprint density at radius 2 is 1.88 bits per heavy atom. The highest BCUT2D eigenvalue weighted by Crippen LogP contribution is 2.34. The van der Waals surface area contributed by atoms with Gasteiger partial charge in [-0.05, 0) is 18.1 Å². The molecule has 0 aliphatic carbocycles. The van der Waals surface area contributed by atoms with Crippen molar-refractivity contribution < 1.29 is 19.4 Å². The number of carboxylic acid groups (broad SMARTS) is 1. The zero-order chi connectivity index (χ0) is 13.0. The maximum Gasteiger partial charge on any atom is 0.306 e. The van der Waals surface area contributed by atoms with Gasteiger partial charge in [0.2, 0.25) is 0 Å². The zero-order valence-corrected chi connectivity index (χ0v) is 10.7. The van der Waals surface area contributed by atoms with E-state index >= 15 is 0 Å². The number of hydrogen-bond acceptors (Lipinski definition) is 3. The van der Waals surface area contributed by atoms with E-state index in [1.165, 1.54) is 14.2 Å². The quantitative estimate of drug-likeness (QED) is 0.882. The van der Waals surface area contributed by atoms with Crippen LogP contribution in [0.25, 0.3) is 0 Å². The summed E-state index contributed by atoms with van der Waals surface area (Å²) in [6.07, 6.45) is 0.356. The minimum Gasteiger partial charge on any atom is -0.493 e. The fourth-order valence-corrected chi connectivity index (χ4v) is 1.70. The molecule has 5 heteroatoms. The van der Waals surface area contributed by atoms with Crippen LogP contribution in [0.5, 0.6) is 11.5 Å². The predicted molar refractivity (Wildman–Crippen MR) is 65.1 cm³/mol. The molecule has 0 saturated heterocycles. The first-order valence-corrected chi connectivity index (χ1v) is 5.50. The summed E-state index contributed by atoms with van der Waals surface area (Å²) in [5.74, 6) is -0.268. The van der Waals surface area contributed by atoms with E-state index in [-0.39, 0.29) is 0 Å². The number of methoxy groups -OCH3 is 2. The lowest BCUT2D eigenvalue weighted by molar-refractivity contribution is -0.141. The Kier molecular flexibility index (Phi) is 4.63. The van der Waals surface area contributed by atoms with Gasteiger partial charge < -0.3 is 14.6 Å². The molecule has 0 aliphatic rings. The Morgan fingerprint density at radius 1 is 1.35 bits per heavy atom. The van der Waals surface area contributed by atoms with Gasteiger partial charge in [0.05, 0.1) is 20.1 Å². The molecular formula is C12H15ClO4. The van der Waals surface area contributed by atoms with Crippen LogP contribution < -0.4 is 9.47 Å². The van der Waals surface area contributed by atoms with Crippen molar-refractivity contribution in [1.82, 2.24) is 0 Å². The van der Waals surface area contributed by atoms with Crippen molar-refractivity contribution in [3.8, 4) is 11.5 Å². The predicted octanol–water partition coefficient (Wildman–Crippen LogP) is 2.62. The second-order valence-corrected chi connectivity index (χ2v) is 4.15. The summed E-state index contributed by atoms with van der Waals surface area (Å²) in [5.41, 5.74) is 0.735. The lowest BCUT2D eigenvalue weighted by Gasteiger charge is -2.13. The monoisotopic (exact) mass is 258 g/mol. The molecule has 1 rings (SSSR count). The van der Waals surface area contributed by atoms with Crippen molar-refractivity contribution in [2.45, 2.75) is 13.3 Å². The highest BCUT2D eigenvalue weighted by molar-refractivity contribution is 6.31. The van der Waals surface area contributed by atoms with Gasteiger partial charge >= 0.3 is 5.97 Å². The fraction of sp³-hybridized carbons (Fsp3) is 0.417. The minimum atomic E-state index is -0.851. The first-order chi connectivity index (χ1) is 7.99. The molecule has 4 nitrogen and oxygen atoms in total. The van der Waals surface area contributed by atoms with E-state index in [2.05, 4.69) is 0 Å². The van der Waals surface area contributed by atoms with E-state index in [0.29, 0.717) is 22.9 Å². The highest BCUT2D eigenvalue weighted by Gasteiger charge is 2.16. The Hall–Kier alpha value is -1.42. The molecule has 1 aromatic rings. The largest absolute Gasteiger partial charge is 0.493 e. The van der Waals surface area contributed by atoms with Crippen molar-refractivity contribution in [2.75, 3.05) is 14.2 Å². The van der Waals surface area contributed by atoms with Crippen LogP contribution in [0.15, 0.2) is 12.1 Å². The minimum absolute atomic E-state index is 0.356. The number of rotatable bonds is 5. The van der Waals surface area contributed by atoms with Gasteiger partial charge in [-0.1, -0.05) is 18.5 Å². The summed E-state index contributed by atoms with van der Waals surface area (Å²) in [5, 5.41) is 9.34. The number of aliphatic carboxylic acids is 1. The summed E-state index contributed by atoms with van der Waals surface area (Å²) in [6, 6.07) is 3.34. The van der Waals surface area contributed by atoms with Gasteiger partial charge in [-0.25, -0.2) is 0 Å². The highest BCUT2D eigenvalue weighted by atomic mass is 35.5. The van der Waals surface area contributed by atoms with Crippen molar-refractivity contribution in [3.63, 3.8) is 0 Å². The van der Waals surface area contributed by atoms with Gasteiger partial charge in [-0.15, -0.1) is 0 Å². The number of ether oxygens (including phenoxy) is 2. The summed E-state index contributed by atoms with van der Waals surface area (Å²) in [7, 11) is 3.05. The number of benzene rings is 1. The fourth-order valence-electron chi connectivity index (χ4n) is 1.47. The van der Waals surface area contributed by atoms with Crippen LogP contribution in [0.2, 0.25) is 5.02 Å². The molecule has 1 unspecified atom stereocenters. The Morgan fingerprint density at radius 3 is 2.35 bits per heavy atom. The van der Waals surface area contributed by atoms with Gasteiger partial charge in [0, 0.05) is 11.1 Å². The normalized spacial score (nSPS) is 12.0. The average Bonchev–Trinajstić information content (AvgIpc) is 2.30. The molecule has 0 fully saturated rings. The molecule has 0 amide bonds. The maximum absolute atomic E-state index is 10.8. The molecule has 1 N–H and O–H groups in total. The zero-order valence-electron chi connectivity index (χ0n) is 9.99. The average molecular weight is 259 g/mol. The van der Waals surface area contributed by atoms with Gasteiger partial charge in [0.15, 0.2) is 11.5 Å². The number of halogens is 1. The molecule has 0 spiro atoms. The van der Waals surface area contributed by atoms with Crippen LogP contribution in [0, 0.1) is 5.92 Å². The molecule has 1 aromatic carbocycles. The lowest BCUT2D eigenvalue weighted by atomic mass is 10.0. The smallest absolute Gasteiger partial charge is 0.306 e. The van der Waals surface area contributed by atoms with Crippen LogP contribution >= 0.6 is 11.6 Å². The molecule has 17 heavy (non-hydrogen) atoms. The first-order valence-electron chi connectivity index (χ1n) is 5.12. The van der Waals surface area contributed by atoms with Crippen molar-refractivity contribution in [1.29, 1.82) is 0 Å². The third kappa shape index (κ3) is 3.27. The van der Waals surface area contributed by atoms with E-state index < -0.39 is 11.9 Å². The number of hydrogen-bond donors (Lipinski definition) is 1. The Bertz CT molecular complexity index is 417. The maximum atomic E-state index is 10.8. The van der Waals surface area contributed by atoms with Gasteiger partial charge in [0.1, 0.15) is 0 Å². The van der Waals surface area contributed by atoms with Gasteiger partial charge in [-0.3, -0.25) is 4.79 Å². The topological polar surface area (TPSA) is 55.8 Å². The Labute approximate surface area is 105 Å². The van der Waals surface area contributed by atoms with Crippen molar-refractivity contribution in [3.05, 3.63) is 22.7 Å². The molecule has 0 radical (unpaired) electrons. The van der Waals surface area contributed by atoms with E-state index in [0.717, 1.165) is 5.56 Å². The molecular weight excluding hydrogens is 244 g/mol. The molecule has 94 valence electrons. The van der Waals surface area contributed by atoms with Crippen LogP contribution in [-0.4, -0.2) is 25.3 Å². The van der Waals surface area contributed by atoms with E-state index in [4.69, 9.17) is 26.2 Å². The van der Waals surface area contributed by atoms with Gasteiger partial charge in [-0.2, -0.15) is 0 Å². The summed E-state index contributed by atoms with van der Waals surface area (Å²) in [4.78, 5) is 10.8. The van der Waals surface area contributed by atoms with E-state index in [1.54, 1.807) is 19.1 Å². The second kappa shape index (κ2) is 5.77. The molecule has 0 saturated carbocycles. The standard InChI is InChI=1S/C12H15ClO4/c1-7(12(14)15)4-8-5-10(16-2)11(17-3)6-9(8)13/h5-7H,4H2,1-3H3,(H,14,15).